The van der Waals surface area contributed by atoms with Crippen molar-refractivity contribution < 1.29 is 9.59 Å². The second-order valence-corrected chi connectivity index (χ2v) is 8.84. The highest BCUT2D eigenvalue weighted by Gasteiger charge is 2.26. The van der Waals surface area contributed by atoms with Gasteiger partial charge in [-0.15, -0.1) is 0 Å². The number of hydrogen-bond donors (Lipinski definition) is 2. The van der Waals surface area contributed by atoms with Crippen molar-refractivity contribution in [3.8, 4) is 0 Å². The SMILES string of the molecule is Cc1ccc([C@H](Cc2ccc(Cl)cc2)C(=O)N[C@@H](C)C(=O)Nc2ccc(Cl)cc2)c(C)c1. The van der Waals surface area contributed by atoms with Crippen molar-refractivity contribution in [3.63, 3.8) is 0 Å². The van der Waals surface area contributed by atoms with E-state index in [1.54, 1.807) is 31.2 Å². The fourth-order valence-corrected chi connectivity index (χ4v) is 3.83. The van der Waals surface area contributed by atoms with Crippen LogP contribution in [0.4, 0.5) is 5.69 Å². The molecule has 0 heterocycles. The van der Waals surface area contributed by atoms with Crippen LogP contribution in [0.1, 0.15) is 35.1 Å². The van der Waals surface area contributed by atoms with Gasteiger partial charge in [-0.1, -0.05) is 59.1 Å². The molecule has 166 valence electrons. The Balaban J connectivity index is 1.78. The van der Waals surface area contributed by atoms with E-state index in [0.717, 1.165) is 22.3 Å². The van der Waals surface area contributed by atoms with Crippen LogP contribution in [-0.2, 0) is 16.0 Å². The molecule has 3 aromatic rings. The van der Waals surface area contributed by atoms with Crippen LogP contribution < -0.4 is 10.6 Å². The average Bonchev–Trinajstić information content (AvgIpc) is 2.75. The van der Waals surface area contributed by atoms with Crippen LogP contribution in [-0.4, -0.2) is 17.9 Å². The second-order valence-electron chi connectivity index (χ2n) is 7.97. The Hall–Kier alpha value is -2.82. The van der Waals surface area contributed by atoms with Gasteiger partial charge in [0.2, 0.25) is 11.8 Å². The molecule has 0 aromatic heterocycles. The molecule has 0 bridgehead atoms. The zero-order valence-electron chi connectivity index (χ0n) is 18.3. The summed E-state index contributed by atoms with van der Waals surface area (Å²) in [4.78, 5) is 26.0. The summed E-state index contributed by atoms with van der Waals surface area (Å²) in [6.45, 7) is 5.69. The topological polar surface area (TPSA) is 58.2 Å². The molecular formula is C26H26Cl2N2O2. The molecule has 0 saturated carbocycles. The fraction of sp³-hybridized carbons (Fsp3) is 0.231. The van der Waals surface area contributed by atoms with Gasteiger partial charge in [-0.25, -0.2) is 0 Å². The minimum Gasteiger partial charge on any atom is -0.344 e. The summed E-state index contributed by atoms with van der Waals surface area (Å²) in [6.07, 6.45) is 0.498. The Morgan fingerprint density at radius 1 is 0.844 bits per heavy atom. The number of amides is 2. The summed E-state index contributed by atoms with van der Waals surface area (Å²) in [5, 5.41) is 6.91. The van der Waals surface area contributed by atoms with E-state index in [1.165, 1.54) is 0 Å². The smallest absolute Gasteiger partial charge is 0.246 e. The van der Waals surface area contributed by atoms with Crippen LogP contribution in [0.3, 0.4) is 0 Å². The highest BCUT2D eigenvalue weighted by Crippen LogP contribution is 2.26. The molecule has 0 spiro atoms. The Morgan fingerprint density at radius 2 is 1.44 bits per heavy atom. The summed E-state index contributed by atoms with van der Waals surface area (Å²) < 4.78 is 0. The Labute approximate surface area is 198 Å². The molecule has 0 fully saturated rings. The predicted molar refractivity (Wildman–Crippen MR) is 131 cm³/mol. The molecule has 4 nitrogen and oxygen atoms in total. The van der Waals surface area contributed by atoms with Crippen molar-refractivity contribution in [1.82, 2.24) is 5.32 Å². The molecule has 0 aliphatic carbocycles. The molecule has 0 radical (unpaired) electrons. The maximum Gasteiger partial charge on any atom is 0.246 e. The number of aryl methyl sites for hydroxylation is 2. The van der Waals surface area contributed by atoms with Gasteiger partial charge in [0.1, 0.15) is 6.04 Å². The number of halogens is 2. The number of rotatable bonds is 7. The number of carbonyl (C=O) groups excluding carboxylic acids is 2. The standard InChI is InChI=1S/C26H26Cl2N2O2/c1-16-4-13-23(17(2)14-16)24(15-19-5-7-20(27)8-6-19)26(32)29-18(3)25(31)30-22-11-9-21(28)10-12-22/h4-14,18,24H,15H2,1-3H3,(H,29,32)(H,30,31)/t18-,24-/m0/s1. The Morgan fingerprint density at radius 3 is 2.03 bits per heavy atom. The van der Waals surface area contributed by atoms with Crippen LogP contribution in [0, 0.1) is 13.8 Å². The quantitative estimate of drug-likeness (QED) is 0.441. The number of benzene rings is 3. The van der Waals surface area contributed by atoms with Crippen molar-refractivity contribution in [2.75, 3.05) is 5.32 Å². The van der Waals surface area contributed by atoms with E-state index in [0.29, 0.717) is 22.2 Å². The lowest BCUT2D eigenvalue weighted by molar-refractivity contribution is -0.127. The third-order valence-electron chi connectivity index (χ3n) is 5.33. The molecule has 0 saturated heterocycles. The highest BCUT2D eigenvalue weighted by atomic mass is 35.5. The van der Waals surface area contributed by atoms with Gasteiger partial charge in [-0.3, -0.25) is 9.59 Å². The molecule has 6 heteroatoms. The van der Waals surface area contributed by atoms with Crippen molar-refractivity contribution in [3.05, 3.63) is 99.0 Å². The largest absolute Gasteiger partial charge is 0.344 e. The first kappa shape index (κ1) is 23.8. The van der Waals surface area contributed by atoms with E-state index >= 15 is 0 Å². The van der Waals surface area contributed by atoms with Crippen LogP contribution in [0.15, 0.2) is 66.7 Å². The normalized spacial score (nSPS) is 12.7. The summed E-state index contributed by atoms with van der Waals surface area (Å²) >= 11 is 11.9. The lowest BCUT2D eigenvalue weighted by Crippen LogP contribution is -2.44. The number of carbonyl (C=O) groups is 2. The van der Waals surface area contributed by atoms with Gasteiger partial charge in [0, 0.05) is 15.7 Å². The minimum atomic E-state index is -0.711. The molecule has 3 aromatic carbocycles. The second kappa shape index (κ2) is 10.7. The first-order valence-corrected chi connectivity index (χ1v) is 11.2. The predicted octanol–water partition coefficient (Wildman–Crippen LogP) is 6.08. The Bertz CT molecular complexity index is 1100. The molecule has 2 amide bonds. The molecule has 2 N–H and O–H groups in total. The lowest BCUT2D eigenvalue weighted by atomic mass is 9.87. The molecule has 3 rings (SSSR count). The van der Waals surface area contributed by atoms with Gasteiger partial charge < -0.3 is 10.6 Å². The average molecular weight is 469 g/mol. The van der Waals surface area contributed by atoms with Crippen molar-refractivity contribution in [2.24, 2.45) is 0 Å². The lowest BCUT2D eigenvalue weighted by Gasteiger charge is -2.22. The van der Waals surface area contributed by atoms with Gasteiger partial charge in [-0.2, -0.15) is 0 Å². The summed E-state index contributed by atoms with van der Waals surface area (Å²) in [5.41, 5.74) is 4.72. The summed E-state index contributed by atoms with van der Waals surface area (Å²) in [6, 6.07) is 19.6. The first-order valence-electron chi connectivity index (χ1n) is 10.4. The van der Waals surface area contributed by atoms with E-state index < -0.39 is 12.0 Å². The number of anilines is 1. The van der Waals surface area contributed by atoms with E-state index in [4.69, 9.17) is 23.2 Å². The molecule has 2 atom stereocenters. The van der Waals surface area contributed by atoms with E-state index in [9.17, 15) is 9.59 Å². The van der Waals surface area contributed by atoms with Crippen LogP contribution in [0.2, 0.25) is 10.0 Å². The third kappa shape index (κ3) is 6.35. The molecule has 0 aliphatic heterocycles. The Kier molecular flexibility index (Phi) is 7.94. The number of nitrogens with one attached hydrogen (secondary N) is 2. The number of hydrogen-bond acceptors (Lipinski definition) is 2. The van der Waals surface area contributed by atoms with Gasteiger partial charge in [-0.05, 0) is 80.3 Å². The first-order chi connectivity index (χ1) is 15.2. The molecule has 0 aliphatic rings. The van der Waals surface area contributed by atoms with E-state index in [2.05, 4.69) is 16.7 Å². The van der Waals surface area contributed by atoms with Crippen molar-refractivity contribution >= 4 is 40.7 Å². The van der Waals surface area contributed by atoms with Crippen molar-refractivity contribution in [1.29, 1.82) is 0 Å². The zero-order chi connectivity index (χ0) is 23.3. The highest BCUT2D eigenvalue weighted by molar-refractivity contribution is 6.30. The molecule has 0 unspecified atom stereocenters. The molecule has 32 heavy (non-hydrogen) atoms. The monoisotopic (exact) mass is 468 g/mol. The summed E-state index contributed by atoms with van der Waals surface area (Å²) in [5.74, 6) is -0.945. The van der Waals surface area contributed by atoms with Crippen molar-refractivity contribution in [2.45, 2.75) is 39.2 Å². The zero-order valence-corrected chi connectivity index (χ0v) is 19.8. The van der Waals surface area contributed by atoms with Gasteiger partial charge in [0.15, 0.2) is 0 Å². The van der Waals surface area contributed by atoms with Crippen LogP contribution in [0.25, 0.3) is 0 Å². The van der Waals surface area contributed by atoms with Crippen LogP contribution in [0.5, 0.6) is 0 Å². The van der Waals surface area contributed by atoms with Gasteiger partial charge >= 0.3 is 0 Å². The summed E-state index contributed by atoms with van der Waals surface area (Å²) in [7, 11) is 0. The minimum absolute atomic E-state index is 0.203. The molecular weight excluding hydrogens is 443 g/mol. The maximum atomic E-state index is 13.3. The van der Waals surface area contributed by atoms with Crippen LogP contribution >= 0.6 is 23.2 Å². The van der Waals surface area contributed by atoms with E-state index in [1.807, 2.05) is 50.2 Å². The fourth-order valence-electron chi connectivity index (χ4n) is 3.58. The van der Waals surface area contributed by atoms with Gasteiger partial charge in [0.05, 0.1) is 5.92 Å². The maximum absolute atomic E-state index is 13.3. The third-order valence-corrected chi connectivity index (χ3v) is 5.84. The van der Waals surface area contributed by atoms with E-state index in [-0.39, 0.29) is 11.8 Å². The van der Waals surface area contributed by atoms with Gasteiger partial charge in [0.25, 0.3) is 0 Å².